The van der Waals surface area contributed by atoms with Gasteiger partial charge in [0.15, 0.2) is 5.11 Å². The molecule has 4 aromatic carbocycles. The Kier molecular flexibility index (Phi) is 6.16. The summed E-state index contributed by atoms with van der Waals surface area (Å²) in [5, 5.41) is 18.3. The van der Waals surface area contributed by atoms with Crippen LogP contribution in [0.3, 0.4) is 0 Å². The van der Waals surface area contributed by atoms with Crippen molar-refractivity contribution >= 4 is 39.5 Å². The molecule has 5 rings (SSSR count). The molecule has 1 unspecified atom stereocenters. The first-order chi connectivity index (χ1) is 17.1. The van der Waals surface area contributed by atoms with Crippen LogP contribution in [0.2, 0.25) is 0 Å². The van der Waals surface area contributed by atoms with E-state index in [2.05, 4.69) is 29.0 Å². The molecule has 3 N–H and O–H groups in total. The molecule has 0 amide bonds. The number of rotatable bonds is 5. The highest BCUT2D eigenvalue weighted by Gasteiger charge is 2.31. The van der Waals surface area contributed by atoms with E-state index in [1.165, 1.54) is 0 Å². The average Bonchev–Trinajstić information content (AvgIpc) is 3.33. The van der Waals surface area contributed by atoms with Crippen LogP contribution in [0.15, 0.2) is 91.0 Å². The predicted molar refractivity (Wildman–Crippen MR) is 144 cm³/mol. The lowest BCUT2D eigenvalue weighted by Gasteiger charge is -2.29. The highest BCUT2D eigenvalue weighted by atomic mass is 32.1. The number of thiocarbonyl (C=S) groups is 1. The number of methoxy groups -OCH3 is 2. The maximum absolute atomic E-state index is 10.5. The van der Waals surface area contributed by atoms with Crippen LogP contribution in [-0.2, 0) is 0 Å². The molecule has 35 heavy (non-hydrogen) atoms. The topological polar surface area (TPSA) is 66.0 Å². The van der Waals surface area contributed by atoms with E-state index in [1.54, 1.807) is 26.4 Å². The van der Waals surface area contributed by atoms with Crippen LogP contribution in [0.4, 0.5) is 5.69 Å². The Morgan fingerprint density at radius 2 is 1.69 bits per heavy atom. The summed E-state index contributed by atoms with van der Waals surface area (Å²) in [6.45, 7) is 0. The minimum atomic E-state index is -0.244. The molecule has 6 nitrogen and oxygen atoms in total. The molecule has 0 saturated heterocycles. The van der Waals surface area contributed by atoms with Crippen molar-refractivity contribution in [3.63, 3.8) is 0 Å². The van der Waals surface area contributed by atoms with Gasteiger partial charge in [-0.25, -0.2) is 0 Å². The Bertz CT molecular complexity index is 1440. The number of fused-ring (bicyclic) bond motifs is 1. The van der Waals surface area contributed by atoms with Crippen LogP contribution in [-0.4, -0.2) is 29.4 Å². The SMILES string of the molecule is COc1cccc(NC(=S)N2NC(c3ccccc3O)=CC2c2ccc(OC)c3ccccc23)c1. The van der Waals surface area contributed by atoms with Crippen molar-refractivity contribution in [2.45, 2.75) is 6.04 Å². The van der Waals surface area contributed by atoms with Gasteiger partial charge in [0.05, 0.1) is 26.0 Å². The van der Waals surface area contributed by atoms with Crippen molar-refractivity contribution in [3.8, 4) is 17.2 Å². The second kappa shape index (κ2) is 9.56. The number of phenols is 1. The summed E-state index contributed by atoms with van der Waals surface area (Å²) in [6, 6.07) is 26.8. The van der Waals surface area contributed by atoms with Crippen LogP contribution < -0.4 is 20.2 Å². The molecule has 1 aliphatic heterocycles. The molecule has 0 bridgehead atoms. The highest BCUT2D eigenvalue weighted by Crippen LogP contribution is 2.39. The van der Waals surface area contributed by atoms with Crippen molar-refractivity contribution < 1.29 is 14.6 Å². The van der Waals surface area contributed by atoms with Gasteiger partial charge in [-0.3, -0.25) is 10.4 Å². The molecule has 7 heteroatoms. The average molecular weight is 484 g/mol. The van der Waals surface area contributed by atoms with Gasteiger partial charge in [-0.2, -0.15) is 0 Å². The number of hydrogen-bond acceptors (Lipinski definition) is 5. The summed E-state index contributed by atoms with van der Waals surface area (Å²) in [4.78, 5) is 0. The maximum atomic E-state index is 10.5. The third-order valence-corrected chi connectivity index (χ3v) is 6.33. The number of anilines is 1. The largest absolute Gasteiger partial charge is 0.507 e. The van der Waals surface area contributed by atoms with Gasteiger partial charge < -0.3 is 19.9 Å². The Hall–Kier alpha value is -4.23. The zero-order chi connectivity index (χ0) is 24.4. The van der Waals surface area contributed by atoms with Gasteiger partial charge in [-0.15, -0.1) is 0 Å². The lowest BCUT2D eigenvalue weighted by Crippen LogP contribution is -2.42. The number of phenolic OH excluding ortho intramolecular Hbond substituents is 1. The number of ether oxygens (including phenoxy) is 2. The van der Waals surface area contributed by atoms with E-state index in [0.717, 1.165) is 39.2 Å². The fourth-order valence-electron chi connectivity index (χ4n) is 4.34. The van der Waals surface area contributed by atoms with Crippen LogP contribution in [0.1, 0.15) is 17.2 Å². The third kappa shape index (κ3) is 4.34. The van der Waals surface area contributed by atoms with Gasteiger partial charge in [0, 0.05) is 22.7 Å². The van der Waals surface area contributed by atoms with Gasteiger partial charge in [0.2, 0.25) is 0 Å². The normalized spacial score (nSPS) is 14.9. The standard InChI is InChI=1S/C28H25N3O3S/c1-33-19-9-7-8-18(16-19)29-28(35)31-25(17-24(30-31)23-12-5-6-13-26(23)32)21-14-15-27(34-2)22-11-4-3-10-20(21)22/h3-17,25,30,32H,1-2H3,(H,29,35). The minimum Gasteiger partial charge on any atom is -0.507 e. The van der Waals surface area contributed by atoms with Crippen molar-refractivity contribution in [2.24, 2.45) is 0 Å². The summed E-state index contributed by atoms with van der Waals surface area (Å²) >= 11 is 5.85. The number of nitrogens with zero attached hydrogens (tertiary/aromatic N) is 1. The molecule has 1 heterocycles. The van der Waals surface area contributed by atoms with E-state index >= 15 is 0 Å². The first-order valence-electron chi connectivity index (χ1n) is 11.2. The molecule has 0 aliphatic carbocycles. The molecule has 0 fully saturated rings. The zero-order valence-corrected chi connectivity index (χ0v) is 20.2. The van der Waals surface area contributed by atoms with Crippen molar-refractivity contribution in [1.82, 2.24) is 10.4 Å². The first kappa shape index (κ1) is 22.6. The summed E-state index contributed by atoms with van der Waals surface area (Å²) in [6.07, 6.45) is 2.07. The van der Waals surface area contributed by atoms with E-state index in [0.29, 0.717) is 10.7 Å². The second-order valence-corrected chi connectivity index (χ2v) is 8.48. The number of para-hydroxylation sites is 1. The van der Waals surface area contributed by atoms with Crippen molar-refractivity contribution in [3.05, 3.63) is 102 Å². The summed E-state index contributed by atoms with van der Waals surface area (Å²) in [5.41, 5.74) is 6.73. The third-order valence-electron chi connectivity index (χ3n) is 6.03. The Labute approximate surface area is 209 Å². The number of aromatic hydroxyl groups is 1. The van der Waals surface area contributed by atoms with Crippen molar-refractivity contribution in [1.29, 1.82) is 0 Å². The molecule has 176 valence electrons. The Morgan fingerprint density at radius 3 is 2.46 bits per heavy atom. The Morgan fingerprint density at radius 1 is 0.914 bits per heavy atom. The molecule has 4 aromatic rings. The lowest BCUT2D eigenvalue weighted by molar-refractivity contribution is 0.349. The fourth-order valence-corrected chi connectivity index (χ4v) is 4.62. The summed E-state index contributed by atoms with van der Waals surface area (Å²) < 4.78 is 10.9. The van der Waals surface area contributed by atoms with Crippen LogP contribution in [0.5, 0.6) is 17.2 Å². The number of nitrogens with one attached hydrogen (secondary N) is 2. The van der Waals surface area contributed by atoms with E-state index in [4.69, 9.17) is 21.7 Å². The molecule has 0 aromatic heterocycles. The van der Waals surface area contributed by atoms with Gasteiger partial charge in [-0.05, 0) is 59.6 Å². The number of hydrazine groups is 1. The number of benzene rings is 4. The molecular weight excluding hydrogens is 458 g/mol. The van der Waals surface area contributed by atoms with Crippen LogP contribution >= 0.6 is 12.2 Å². The molecule has 0 saturated carbocycles. The van der Waals surface area contributed by atoms with Gasteiger partial charge in [-0.1, -0.05) is 48.5 Å². The summed E-state index contributed by atoms with van der Waals surface area (Å²) in [5.74, 6) is 1.74. The predicted octanol–water partition coefficient (Wildman–Crippen LogP) is 5.86. The number of hydrogen-bond donors (Lipinski definition) is 3. The maximum Gasteiger partial charge on any atom is 0.193 e. The molecule has 0 radical (unpaired) electrons. The highest BCUT2D eigenvalue weighted by molar-refractivity contribution is 7.80. The quantitative estimate of drug-likeness (QED) is 0.307. The smallest absolute Gasteiger partial charge is 0.193 e. The molecule has 1 aliphatic rings. The van der Waals surface area contributed by atoms with E-state index < -0.39 is 0 Å². The fraction of sp³-hybridized carbons (Fsp3) is 0.107. The van der Waals surface area contributed by atoms with Crippen molar-refractivity contribution in [2.75, 3.05) is 19.5 Å². The zero-order valence-electron chi connectivity index (χ0n) is 19.4. The second-order valence-electron chi connectivity index (χ2n) is 8.09. The monoisotopic (exact) mass is 483 g/mol. The Balaban J connectivity index is 1.58. The van der Waals surface area contributed by atoms with Gasteiger partial charge in [0.25, 0.3) is 0 Å². The lowest BCUT2D eigenvalue weighted by atomic mass is 9.97. The van der Waals surface area contributed by atoms with Gasteiger partial charge >= 0.3 is 0 Å². The van der Waals surface area contributed by atoms with Crippen LogP contribution in [0.25, 0.3) is 16.5 Å². The molecule has 1 atom stereocenters. The van der Waals surface area contributed by atoms with E-state index in [9.17, 15) is 5.11 Å². The van der Waals surface area contributed by atoms with E-state index in [-0.39, 0.29) is 11.8 Å². The van der Waals surface area contributed by atoms with E-state index in [1.807, 2.05) is 65.7 Å². The summed E-state index contributed by atoms with van der Waals surface area (Å²) in [7, 11) is 3.31. The molecular formula is C28H25N3O3S. The molecule has 0 spiro atoms. The first-order valence-corrected chi connectivity index (χ1v) is 11.6. The van der Waals surface area contributed by atoms with Crippen LogP contribution in [0, 0.1) is 0 Å². The van der Waals surface area contributed by atoms with Gasteiger partial charge in [0.1, 0.15) is 17.2 Å². The minimum absolute atomic E-state index is 0.193.